The van der Waals surface area contributed by atoms with E-state index >= 15 is 0 Å². The number of nitrogens with zero attached hydrogens (tertiary/aromatic N) is 2. The first-order valence-corrected chi connectivity index (χ1v) is 7.99. The van der Waals surface area contributed by atoms with E-state index in [9.17, 15) is 4.39 Å². The minimum Gasteiger partial charge on any atom is -0.313 e. The summed E-state index contributed by atoms with van der Waals surface area (Å²) in [5.74, 6) is -0.239. The molecule has 5 heteroatoms. The van der Waals surface area contributed by atoms with Crippen molar-refractivity contribution in [3.63, 3.8) is 0 Å². The Morgan fingerprint density at radius 3 is 2.76 bits per heavy atom. The highest BCUT2D eigenvalue weighted by Crippen LogP contribution is 2.19. The van der Waals surface area contributed by atoms with Crippen LogP contribution in [0, 0.1) is 19.7 Å². The zero-order valence-electron chi connectivity index (χ0n) is 12.7. The van der Waals surface area contributed by atoms with Crippen LogP contribution in [0.15, 0.2) is 22.7 Å². The highest BCUT2D eigenvalue weighted by molar-refractivity contribution is 9.10. The van der Waals surface area contributed by atoms with Crippen molar-refractivity contribution in [3.05, 3.63) is 51.0 Å². The van der Waals surface area contributed by atoms with E-state index in [0.29, 0.717) is 11.0 Å². The molecule has 2 aromatic rings. The average molecular weight is 354 g/mol. The average Bonchev–Trinajstić information content (AvgIpc) is 2.70. The van der Waals surface area contributed by atoms with Crippen LogP contribution in [0.5, 0.6) is 0 Å². The maximum absolute atomic E-state index is 13.3. The number of hydrogen-bond acceptors (Lipinski definition) is 2. The van der Waals surface area contributed by atoms with E-state index < -0.39 is 0 Å². The summed E-state index contributed by atoms with van der Waals surface area (Å²) in [4.78, 5) is 0. The van der Waals surface area contributed by atoms with Crippen LogP contribution in [0.2, 0.25) is 0 Å². The monoisotopic (exact) mass is 353 g/mol. The molecule has 21 heavy (non-hydrogen) atoms. The topological polar surface area (TPSA) is 29.9 Å². The quantitative estimate of drug-likeness (QED) is 0.796. The predicted octanol–water partition coefficient (Wildman–Crippen LogP) is 3.95. The van der Waals surface area contributed by atoms with Gasteiger partial charge in [0.05, 0.1) is 16.7 Å². The Hall–Kier alpha value is -1.20. The standard InChI is InChI=1S/C16H21BrFN3/c1-4-7-19-9-14-11(2)20-21(12(14)3)10-13-5-6-16(18)15(17)8-13/h5-6,8,19H,4,7,9-10H2,1-3H3. The minimum atomic E-state index is -0.239. The van der Waals surface area contributed by atoms with E-state index in [1.807, 2.05) is 11.6 Å². The molecular weight excluding hydrogens is 333 g/mol. The summed E-state index contributed by atoms with van der Waals surface area (Å²) in [5, 5.41) is 8.02. The summed E-state index contributed by atoms with van der Waals surface area (Å²) < 4.78 is 15.8. The summed E-state index contributed by atoms with van der Waals surface area (Å²) in [6.45, 7) is 8.78. The summed E-state index contributed by atoms with van der Waals surface area (Å²) in [5.41, 5.74) is 4.50. The molecule has 0 aliphatic heterocycles. The zero-order chi connectivity index (χ0) is 15.4. The third kappa shape index (κ3) is 3.92. The second kappa shape index (κ2) is 7.18. The van der Waals surface area contributed by atoms with Gasteiger partial charge in [-0.05, 0) is 60.4 Å². The normalized spacial score (nSPS) is 11.1. The first kappa shape index (κ1) is 16.2. The van der Waals surface area contributed by atoms with Gasteiger partial charge in [-0.1, -0.05) is 13.0 Å². The molecule has 3 nitrogen and oxygen atoms in total. The Morgan fingerprint density at radius 1 is 1.33 bits per heavy atom. The van der Waals surface area contributed by atoms with E-state index in [2.05, 4.69) is 40.2 Å². The number of benzene rings is 1. The van der Waals surface area contributed by atoms with Crippen LogP contribution >= 0.6 is 15.9 Å². The van der Waals surface area contributed by atoms with Crippen LogP contribution in [0.3, 0.4) is 0 Å². The van der Waals surface area contributed by atoms with Crippen molar-refractivity contribution in [2.75, 3.05) is 6.54 Å². The molecule has 0 saturated carbocycles. The Labute approximate surface area is 133 Å². The highest BCUT2D eigenvalue weighted by Gasteiger charge is 2.11. The highest BCUT2D eigenvalue weighted by atomic mass is 79.9. The third-order valence-electron chi connectivity index (χ3n) is 3.58. The van der Waals surface area contributed by atoms with E-state index in [1.165, 1.54) is 11.6 Å². The second-order valence-electron chi connectivity index (χ2n) is 5.23. The maximum atomic E-state index is 13.3. The van der Waals surface area contributed by atoms with Crippen LogP contribution in [0.25, 0.3) is 0 Å². The molecule has 0 bridgehead atoms. The van der Waals surface area contributed by atoms with E-state index in [1.54, 1.807) is 12.1 Å². The number of aromatic nitrogens is 2. The zero-order valence-corrected chi connectivity index (χ0v) is 14.3. The van der Waals surface area contributed by atoms with Crippen molar-refractivity contribution in [2.24, 2.45) is 0 Å². The Bertz CT molecular complexity index is 622. The van der Waals surface area contributed by atoms with Gasteiger partial charge in [0.25, 0.3) is 0 Å². The summed E-state index contributed by atoms with van der Waals surface area (Å²) in [6, 6.07) is 5.08. The van der Waals surface area contributed by atoms with Crippen molar-refractivity contribution in [1.29, 1.82) is 0 Å². The Morgan fingerprint density at radius 2 is 2.10 bits per heavy atom. The van der Waals surface area contributed by atoms with Crippen LogP contribution in [-0.2, 0) is 13.1 Å². The van der Waals surface area contributed by atoms with E-state index in [-0.39, 0.29) is 5.82 Å². The Balaban J connectivity index is 2.16. The fourth-order valence-electron chi connectivity index (χ4n) is 2.34. The lowest BCUT2D eigenvalue weighted by molar-refractivity contribution is 0.615. The number of hydrogen-bond donors (Lipinski definition) is 1. The van der Waals surface area contributed by atoms with Gasteiger partial charge in [0, 0.05) is 17.8 Å². The summed E-state index contributed by atoms with van der Waals surface area (Å²) >= 11 is 3.23. The van der Waals surface area contributed by atoms with Gasteiger partial charge in [-0.25, -0.2) is 4.39 Å². The molecule has 0 unspecified atom stereocenters. The summed E-state index contributed by atoms with van der Waals surface area (Å²) in [7, 11) is 0. The lowest BCUT2D eigenvalue weighted by Gasteiger charge is -2.07. The summed E-state index contributed by atoms with van der Waals surface area (Å²) in [6.07, 6.45) is 1.12. The molecule has 114 valence electrons. The molecule has 1 N–H and O–H groups in total. The van der Waals surface area contributed by atoms with Gasteiger partial charge >= 0.3 is 0 Å². The molecule has 2 rings (SSSR count). The molecular formula is C16H21BrFN3. The first-order valence-electron chi connectivity index (χ1n) is 7.20. The Kier molecular flexibility index (Phi) is 5.53. The van der Waals surface area contributed by atoms with Gasteiger partial charge in [-0.2, -0.15) is 5.10 Å². The fourth-order valence-corrected chi connectivity index (χ4v) is 2.77. The molecule has 0 fully saturated rings. The van der Waals surface area contributed by atoms with Crippen LogP contribution in [0.1, 0.15) is 35.9 Å². The predicted molar refractivity (Wildman–Crippen MR) is 86.9 cm³/mol. The SMILES string of the molecule is CCCNCc1c(C)nn(Cc2ccc(F)c(Br)c2)c1C. The largest absolute Gasteiger partial charge is 0.313 e. The van der Waals surface area contributed by atoms with Gasteiger partial charge in [0.1, 0.15) is 5.82 Å². The number of nitrogens with one attached hydrogen (secondary N) is 1. The molecule has 0 aliphatic rings. The molecule has 0 spiro atoms. The molecule has 0 atom stereocenters. The lowest BCUT2D eigenvalue weighted by Crippen LogP contribution is -2.15. The number of halogens is 2. The molecule has 0 aliphatic carbocycles. The van der Waals surface area contributed by atoms with Gasteiger partial charge in [0.15, 0.2) is 0 Å². The first-order chi connectivity index (χ1) is 10.0. The fraction of sp³-hybridized carbons (Fsp3) is 0.438. The van der Waals surface area contributed by atoms with Crippen molar-refractivity contribution in [3.8, 4) is 0 Å². The van der Waals surface area contributed by atoms with Gasteiger partial charge in [-0.15, -0.1) is 0 Å². The number of rotatable bonds is 6. The van der Waals surface area contributed by atoms with Crippen LogP contribution in [-0.4, -0.2) is 16.3 Å². The lowest BCUT2D eigenvalue weighted by atomic mass is 10.2. The molecule has 1 aromatic carbocycles. The molecule has 1 aromatic heterocycles. The van der Waals surface area contributed by atoms with Gasteiger partial charge in [-0.3, -0.25) is 4.68 Å². The van der Waals surface area contributed by atoms with E-state index in [0.717, 1.165) is 36.5 Å². The number of aryl methyl sites for hydroxylation is 1. The van der Waals surface area contributed by atoms with Gasteiger partial charge < -0.3 is 5.32 Å². The van der Waals surface area contributed by atoms with Crippen molar-refractivity contribution in [2.45, 2.75) is 40.3 Å². The molecule has 0 amide bonds. The van der Waals surface area contributed by atoms with E-state index in [4.69, 9.17) is 0 Å². The maximum Gasteiger partial charge on any atom is 0.137 e. The van der Waals surface area contributed by atoms with Gasteiger partial charge in [0.2, 0.25) is 0 Å². The van der Waals surface area contributed by atoms with Crippen LogP contribution in [0.4, 0.5) is 4.39 Å². The smallest absolute Gasteiger partial charge is 0.137 e. The second-order valence-corrected chi connectivity index (χ2v) is 6.09. The molecule has 1 heterocycles. The van der Waals surface area contributed by atoms with Crippen molar-refractivity contribution in [1.82, 2.24) is 15.1 Å². The van der Waals surface area contributed by atoms with Crippen LogP contribution < -0.4 is 5.32 Å². The molecule has 0 radical (unpaired) electrons. The third-order valence-corrected chi connectivity index (χ3v) is 4.18. The molecule has 0 saturated heterocycles. The minimum absolute atomic E-state index is 0.239. The van der Waals surface area contributed by atoms with Crippen molar-refractivity contribution < 1.29 is 4.39 Å². The van der Waals surface area contributed by atoms with Crippen molar-refractivity contribution >= 4 is 15.9 Å².